The third kappa shape index (κ3) is 4.70. The molecule has 1 saturated carbocycles. The second-order valence-corrected chi connectivity index (χ2v) is 7.42. The monoisotopic (exact) mass is 402 g/mol. The minimum atomic E-state index is 0.528. The van der Waals surface area contributed by atoms with Crippen LogP contribution < -0.4 is 10.6 Å². The summed E-state index contributed by atoms with van der Waals surface area (Å²) in [7, 11) is 0. The summed E-state index contributed by atoms with van der Waals surface area (Å²) in [6, 6.07) is 9.36. The minimum Gasteiger partial charge on any atom is -0.370 e. The molecule has 0 amide bonds. The highest BCUT2D eigenvalue weighted by molar-refractivity contribution is 6.36. The summed E-state index contributed by atoms with van der Waals surface area (Å²) >= 11 is 12.4. The molecule has 1 aromatic carbocycles. The zero-order valence-electron chi connectivity index (χ0n) is 14.7. The molecule has 0 aliphatic heterocycles. The van der Waals surface area contributed by atoms with Crippen molar-refractivity contribution in [2.45, 2.75) is 25.2 Å². The second kappa shape index (κ2) is 8.15. The van der Waals surface area contributed by atoms with Crippen LogP contribution in [0.1, 0.15) is 30.9 Å². The van der Waals surface area contributed by atoms with Crippen LogP contribution in [0, 0.1) is 0 Å². The van der Waals surface area contributed by atoms with Crippen molar-refractivity contribution in [3.05, 3.63) is 52.3 Å². The van der Waals surface area contributed by atoms with Gasteiger partial charge in [-0.2, -0.15) is 5.10 Å². The Balaban J connectivity index is 1.44. The normalized spacial score (nSPS) is 13.6. The molecule has 0 bridgehead atoms. The second-order valence-electron chi connectivity index (χ2n) is 6.58. The van der Waals surface area contributed by atoms with Gasteiger partial charge in [0.25, 0.3) is 0 Å². The Bertz CT molecular complexity index is 909. The fourth-order valence-corrected chi connectivity index (χ4v) is 3.31. The number of hydrogen-bond donors (Lipinski definition) is 3. The number of halogens is 2. The number of benzene rings is 1. The first-order valence-electron chi connectivity index (χ1n) is 9.00. The Kier molecular flexibility index (Phi) is 5.45. The summed E-state index contributed by atoms with van der Waals surface area (Å²) in [6.45, 7) is 1.64. The first-order valence-corrected chi connectivity index (χ1v) is 9.76. The molecule has 1 aliphatic carbocycles. The molecule has 1 fully saturated rings. The van der Waals surface area contributed by atoms with Crippen molar-refractivity contribution < 1.29 is 0 Å². The lowest BCUT2D eigenvalue weighted by Gasteiger charge is -2.11. The average molecular weight is 403 g/mol. The highest BCUT2D eigenvalue weighted by Crippen LogP contribution is 2.40. The van der Waals surface area contributed by atoms with Crippen LogP contribution in [-0.2, 0) is 0 Å². The topological polar surface area (TPSA) is 78.5 Å². The SMILES string of the molecule is Clc1ccc(-c2nc(NCCCNc3ccn[nH]3)cc(C3CC3)n2)c(Cl)c1. The third-order valence-electron chi connectivity index (χ3n) is 4.39. The Morgan fingerprint density at radius 3 is 2.63 bits per heavy atom. The van der Waals surface area contributed by atoms with Crippen LogP contribution in [0.15, 0.2) is 36.5 Å². The summed E-state index contributed by atoms with van der Waals surface area (Å²) in [6.07, 6.45) is 5.03. The van der Waals surface area contributed by atoms with E-state index < -0.39 is 0 Å². The van der Waals surface area contributed by atoms with E-state index in [0.717, 1.165) is 42.4 Å². The number of aromatic amines is 1. The van der Waals surface area contributed by atoms with E-state index in [1.54, 1.807) is 12.3 Å². The van der Waals surface area contributed by atoms with Gasteiger partial charge in [0.15, 0.2) is 5.82 Å². The molecule has 0 radical (unpaired) electrons. The molecule has 6 nitrogen and oxygen atoms in total. The zero-order chi connectivity index (χ0) is 18.6. The number of rotatable bonds is 8. The van der Waals surface area contributed by atoms with Gasteiger partial charge in [0.05, 0.1) is 11.2 Å². The van der Waals surface area contributed by atoms with E-state index in [1.165, 1.54) is 12.8 Å². The number of H-pyrrole nitrogens is 1. The number of aromatic nitrogens is 4. The summed E-state index contributed by atoms with van der Waals surface area (Å²) < 4.78 is 0. The molecule has 8 heteroatoms. The van der Waals surface area contributed by atoms with Crippen molar-refractivity contribution in [1.29, 1.82) is 0 Å². The highest BCUT2D eigenvalue weighted by Gasteiger charge is 2.26. The van der Waals surface area contributed by atoms with E-state index in [-0.39, 0.29) is 0 Å². The van der Waals surface area contributed by atoms with Gasteiger partial charge in [-0.15, -0.1) is 0 Å². The predicted octanol–water partition coefficient (Wildman–Crippen LogP) is 4.97. The van der Waals surface area contributed by atoms with Gasteiger partial charge in [0.2, 0.25) is 0 Å². The van der Waals surface area contributed by atoms with Crippen LogP contribution in [-0.4, -0.2) is 33.3 Å². The van der Waals surface area contributed by atoms with Gasteiger partial charge in [-0.1, -0.05) is 23.2 Å². The lowest BCUT2D eigenvalue weighted by atomic mass is 10.2. The number of nitrogens with one attached hydrogen (secondary N) is 3. The molecule has 2 heterocycles. The fourth-order valence-electron chi connectivity index (χ4n) is 2.82. The summed E-state index contributed by atoms with van der Waals surface area (Å²) in [5.41, 5.74) is 1.87. The molecular weight excluding hydrogens is 383 g/mol. The Morgan fingerprint density at radius 1 is 1.04 bits per heavy atom. The Hall–Kier alpha value is -2.31. The molecule has 1 aliphatic rings. The molecule has 4 rings (SSSR count). The van der Waals surface area contributed by atoms with Gasteiger partial charge >= 0.3 is 0 Å². The maximum atomic E-state index is 6.36. The molecule has 0 atom stereocenters. The van der Waals surface area contributed by atoms with Gasteiger partial charge in [-0.25, -0.2) is 9.97 Å². The molecule has 2 aromatic heterocycles. The first-order chi connectivity index (χ1) is 13.2. The van der Waals surface area contributed by atoms with Crippen molar-refractivity contribution >= 4 is 34.8 Å². The van der Waals surface area contributed by atoms with Crippen molar-refractivity contribution in [3.63, 3.8) is 0 Å². The molecule has 3 aromatic rings. The van der Waals surface area contributed by atoms with Gasteiger partial charge in [-0.3, -0.25) is 5.10 Å². The standard InChI is InChI=1S/C19H20Cl2N6/c20-13-4-5-14(15(21)10-13)19-25-16(12-2-3-12)11-18(26-19)23-8-1-7-22-17-6-9-24-27-17/h4-6,9-12H,1-3,7-8H2,(H2,22,24,27)(H,23,25,26). The Morgan fingerprint density at radius 2 is 1.89 bits per heavy atom. The number of anilines is 2. The minimum absolute atomic E-state index is 0.528. The molecule has 3 N–H and O–H groups in total. The molecular formula is C19H20Cl2N6. The fraction of sp³-hybridized carbons (Fsp3) is 0.316. The molecule has 0 saturated heterocycles. The first kappa shape index (κ1) is 18.1. The van der Waals surface area contributed by atoms with Crippen LogP contribution in [0.25, 0.3) is 11.4 Å². The van der Waals surface area contributed by atoms with Gasteiger partial charge < -0.3 is 10.6 Å². The van der Waals surface area contributed by atoms with Crippen LogP contribution in [0.3, 0.4) is 0 Å². The van der Waals surface area contributed by atoms with Crippen LogP contribution in [0.4, 0.5) is 11.6 Å². The van der Waals surface area contributed by atoms with E-state index >= 15 is 0 Å². The van der Waals surface area contributed by atoms with E-state index in [0.29, 0.717) is 21.8 Å². The maximum absolute atomic E-state index is 6.36. The lowest BCUT2D eigenvalue weighted by molar-refractivity contribution is 0.891. The smallest absolute Gasteiger partial charge is 0.163 e. The van der Waals surface area contributed by atoms with E-state index in [1.807, 2.05) is 24.3 Å². The molecule has 140 valence electrons. The van der Waals surface area contributed by atoms with Gasteiger partial charge in [0.1, 0.15) is 11.6 Å². The molecule has 27 heavy (non-hydrogen) atoms. The number of hydrogen-bond acceptors (Lipinski definition) is 5. The summed E-state index contributed by atoms with van der Waals surface area (Å²) in [5, 5.41) is 14.6. The highest BCUT2D eigenvalue weighted by atomic mass is 35.5. The Labute approximate surface area is 167 Å². The van der Waals surface area contributed by atoms with Crippen LogP contribution in [0.2, 0.25) is 10.0 Å². The van der Waals surface area contributed by atoms with Crippen molar-refractivity contribution in [2.24, 2.45) is 0 Å². The maximum Gasteiger partial charge on any atom is 0.163 e. The van der Waals surface area contributed by atoms with Gasteiger partial charge in [0, 0.05) is 41.4 Å². The van der Waals surface area contributed by atoms with E-state index in [4.69, 9.17) is 28.2 Å². The van der Waals surface area contributed by atoms with E-state index in [9.17, 15) is 0 Å². The quantitative estimate of drug-likeness (QED) is 0.463. The van der Waals surface area contributed by atoms with E-state index in [2.05, 4.69) is 25.8 Å². The van der Waals surface area contributed by atoms with Gasteiger partial charge in [-0.05, 0) is 43.5 Å². The predicted molar refractivity (Wildman–Crippen MR) is 110 cm³/mol. The van der Waals surface area contributed by atoms with Crippen LogP contribution in [0.5, 0.6) is 0 Å². The molecule has 0 spiro atoms. The van der Waals surface area contributed by atoms with Crippen molar-refractivity contribution in [3.8, 4) is 11.4 Å². The molecule has 0 unspecified atom stereocenters. The van der Waals surface area contributed by atoms with Crippen molar-refractivity contribution in [2.75, 3.05) is 23.7 Å². The largest absolute Gasteiger partial charge is 0.370 e. The van der Waals surface area contributed by atoms with Crippen molar-refractivity contribution in [1.82, 2.24) is 20.2 Å². The third-order valence-corrected chi connectivity index (χ3v) is 4.94. The lowest BCUT2D eigenvalue weighted by Crippen LogP contribution is -2.11. The zero-order valence-corrected chi connectivity index (χ0v) is 16.2. The number of nitrogens with zero attached hydrogens (tertiary/aromatic N) is 3. The summed E-state index contributed by atoms with van der Waals surface area (Å²) in [4.78, 5) is 9.40. The van der Waals surface area contributed by atoms with Crippen LogP contribution >= 0.6 is 23.2 Å². The summed E-state index contributed by atoms with van der Waals surface area (Å²) in [5.74, 6) is 2.92. The average Bonchev–Trinajstić information content (AvgIpc) is 3.38.